The monoisotopic (exact) mass is 319 g/mol. The number of ether oxygens (including phenoxy) is 1. The maximum Gasteiger partial charge on any atom is 0.356 e. The lowest BCUT2D eigenvalue weighted by Crippen LogP contribution is -2.43. The van der Waals surface area contributed by atoms with Gasteiger partial charge in [-0.1, -0.05) is 12.8 Å². The topological polar surface area (TPSA) is 92.6 Å². The summed E-state index contributed by atoms with van der Waals surface area (Å²) < 4.78 is 5.67. The largest absolute Gasteiger partial charge is 0.476 e. The van der Waals surface area contributed by atoms with Gasteiger partial charge in [0, 0.05) is 19.2 Å². The van der Waals surface area contributed by atoms with Crippen molar-refractivity contribution in [3.8, 4) is 0 Å². The molecular formula is C16H21N3O4. The standard InChI is InChI=1S/C16H21N3O4/c20-15(13-8-18-14(9-17-13)16(21)22)19(11-4-1-2-5-11)10-12-6-3-7-23-12/h8-9,11-12H,1-7,10H2,(H,21,22). The number of carboxylic acid groups (broad SMARTS) is 1. The summed E-state index contributed by atoms with van der Waals surface area (Å²) in [7, 11) is 0. The third-order valence-corrected chi connectivity index (χ3v) is 4.54. The van der Waals surface area contributed by atoms with Gasteiger partial charge in [-0.25, -0.2) is 14.8 Å². The number of nitrogens with zero attached hydrogens (tertiary/aromatic N) is 3. The minimum absolute atomic E-state index is 0.0887. The van der Waals surface area contributed by atoms with Gasteiger partial charge in [-0.3, -0.25) is 4.79 Å². The Morgan fingerprint density at radius 2 is 1.83 bits per heavy atom. The van der Waals surface area contributed by atoms with Crippen LogP contribution >= 0.6 is 0 Å². The molecule has 7 nitrogen and oxygen atoms in total. The molecule has 0 aromatic carbocycles. The first-order valence-electron chi connectivity index (χ1n) is 8.13. The number of amides is 1. The van der Waals surface area contributed by atoms with Crippen LogP contribution in [-0.4, -0.2) is 57.1 Å². The number of aromatic carboxylic acids is 1. The van der Waals surface area contributed by atoms with Crippen LogP contribution in [0.15, 0.2) is 12.4 Å². The number of carbonyl (C=O) groups is 2. The van der Waals surface area contributed by atoms with E-state index in [4.69, 9.17) is 9.84 Å². The molecule has 1 aliphatic carbocycles. The highest BCUT2D eigenvalue weighted by molar-refractivity contribution is 5.93. The average molecular weight is 319 g/mol. The van der Waals surface area contributed by atoms with Crippen molar-refractivity contribution in [1.82, 2.24) is 14.9 Å². The van der Waals surface area contributed by atoms with Gasteiger partial charge in [0.25, 0.3) is 5.91 Å². The van der Waals surface area contributed by atoms with E-state index in [2.05, 4.69) is 9.97 Å². The Kier molecular flexibility index (Phi) is 4.85. The molecule has 2 aliphatic rings. The lowest BCUT2D eigenvalue weighted by atomic mass is 10.1. The van der Waals surface area contributed by atoms with Gasteiger partial charge in [-0.15, -0.1) is 0 Å². The highest BCUT2D eigenvalue weighted by atomic mass is 16.5. The van der Waals surface area contributed by atoms with Crippen LogP contribution in [0.5, 0.6) is 0 Å². The molecule has 1 saturated heterocycles. The molecule has 1 saturated carbocycles. The number of aromatic nitrogens is 2. The van der Waals surface area contributed by atoms with Crippen molar-refractivity contribution in [3.63, 3.8) is 0 Å². The van der Waals surface area contributed by atoms with Crippen LogP contribution in [0.2, 0.25) is 0 Å². The molecule has 1 aliphatic heterocycles. The maximum absolute atomic E-state index is 12.8. The zero-order valence-corrected chi connectivity index (χ0v) is 13.0. The van der Waals surface area contributed by atoms with E-state index >= 15 is 0 Å². The molecule has 1 atom stereocenters. The van der Waals surface area contributed by atoms with Crippen molar-refractivity contribution < 1.29 is 19.4 Å². The molecular weight excluding hydrogens is 298 g/mol. The molecule has 124 valence electrons. The minimum Gasteiger partial charge on any atom is -0.476 e. The van der Waals surface area contributed by atoms with Crippen molar-refractivity contribution in [2.75, 3.05) is 13.2 Å². The van der Waals surface area contributed by atoms with Gasteiger partial charge < -0.3 is 14.7 Å². The molecule has 2 fully saturated rings. The van der Waals surface area contributed by atoms with E-state index in [0.29, 0.717) is 6.54 Å². The van der Waals surface area contributed by atoms with Gasteiger partial charge in [-0.2, -0.15) is 0 Å². The number of rotatable bonds is 5. The smallest absolute Gasteiger partial charge is 0.356 e. The van der Waals surface area contributed by atoms with Crippen LogP contribution < -0.4 is 0 Å². The van der Waals surface area contributed by atoms with Crippen molar-refractivity contribution in [1.29, 1.82) is 0 Å². The van der Waals surface area contributed by atoms with Gasteiger partial charge in [0.15, 0.2) is 5.69 Å². The Morgan fingerprint density at radius 1 is 1.13 bits per heavy atom. The SMILES string of the molecule is O=C(O)c1cnc(C(=O)N(CC2CCCO2)C2CCCC2)cn1. The zero-order chi connectivity index (χ0) is 16.2. The number of carboxylic acids is 1. The van der Waals surface area contributed by atoms with E-state index in [1.165, 1.54) is 6.20 Å². The molecule has 7 heteroatoms. The molecule has 1 amide bonds. The predicted molar refractivity (Wildman–Crippen MR) is 81.3 cm³/mol. The third-order valence-electron chi connectivity index (χ3n) is 4.54. The summed E-state index contributed by atoms with van der Waals surface area (Å²) in [5.74, 6) is -1.33. The molecule has 2 heterocycles. The molecule has 1 N–H and O–H groups in total. The van der Waals surface area contributed by atoms with Gasteiger partial charge in [-0.05, 0) is 25.7 Å². The van der Waals surface area contributed by atoms with Gasteiger partial charge in [0.2, 0.25) is 0 Å². The van der Waals surface area contributed by atoms with E-state index in [0.717, 1.165) is 51.3 Å². The first-order chi connectivity index (χ1) is 11.1. The molecule has 1 aromatic rings. The maximum atomic E-state index is 12.8. The zero-order valence-electron chi connectivity index (χ0n) is 13.0. The van der Waals surface area contributed by atoms with E-state index < -0.39 is 5.97 Å². The van der Waals surface area contributed by atoms with Crippen molar-refractivity contribution in [2.24, 2.45) is 0 Å². The van der Waals surface area contributed by atoms with E-state index in [1.807, 2.05) is 4.90 Å². The Labute approximate surface area is 134 Å². The summed E-state index contributed by atoms with van der Waals surface area (Å²) >= 11 is 0. The fraction of sp³-hybridized carbons (Fsp3) is 0.625. The number of carbonyl (C=O) groups excluding carboxylic acids is 1. The number of hydrogen-bond donors (Lipinski definition) is 1. The number of hydrogen-bond acceptors (Lipinski definition) is 5. The first kappa shape index (κ1) is 15.9. The Balaban J connectivity index is 1.76. The lowest BCUT2D eigenvalue weighted by Gasteiger charge is -2.30. The Morgan fingerprint density at radius 3 is 2.39 bits per heavy atom. The van der Waals surface area contributed by atoms with Gasteiger partial charge in [0.05, 0.1) is 18.5 Å². The van der Waals surface area contributed by atoms with Crippen LogP contribution in [-0.2, 0) is 4.74 Å². The summed E-state index contributed by atoms with van der Waals surface area (Å²) in [5, 5.41) is 8.87. The van der Waals surface area contributed by atoms with Gasteiger partial charge >= 0.3 is 5.97 Å². The highest BCUT2D eigenvalue weighted by Crippen LogP contribution is 2.26. The van der Waals surface area contributed by atoms with Crippen molar-refractivity contribution >= 4 is 11.9 Å². The molecule has 3 rings (SSSR count). The summed E-state index contributed by atoms with van der Waals surface area (Å²) in [6.45, 7) is 1.33. The lowest BCUT2D eigenvalue weighted by molar-refractivity contribution is 0.0415. The second kappa shape index (κ2) is 7.04. The minimum atomic E-state index is -1.15. The third kappa shape index (κ3) is 3.67. The van der Waals surface area contributed by atoms with Crippen LogP contribution in [0, 0.1) is 0 Å². The fourth-order valence-electron chi connectivity index (χ4n) is 3.32. The van der Waals surface area contributed by atoms with Crippen LogP contribution in [0.4, 0.5) is 0 Å². The summed E-state index contributed by atoms with van der Waals surface area (Å²) in [4.78, 5) is 33.3. The summed E-state index contributed by atoms with van der Waals surface area (Å²) in [6, 6.07) is 0.215. The molecule has 0 radical (unpaired) electrons. The Bertz CT molecular complexity index is 563. The predicted octanol–water partition coefficient (Wildman–Crippen LogP) is 1.74. The van der Waals surface area contributed by atoms with Gasteiger partial charge in [0.1, 0.15) is 5.69 Å². The van der Waals surface area contributed by atoms with E-state index in [-0.39, 0.29) is 29.4 Å². The quantitative estimate of drug-likeness (QED) is 0.888. The van der Waals surface area contributed by atoms with Crippen LogP contribution in [0.3, 0.4) is 0 Å². The fourth-order valence-corrected chi connectivity index (χ4v) is 3.32. The second-order valence-electron chi connectivity index (χ2n) is 6.12. The summed E-state index contributed by atoms with van der Waals surface area (Å²) in [6.07, 6.45) is 8.74. The Hall–Kier alpha value is -2.02. The van der Waals surface area contributed by atoms with E-state index in [9.17, 15) is 9.59 Å². The molecule has 0 spiro atoms. The highest BCUT2D eigenvalue weighted by Gasteiger charge is 2.31. The average Bonchev–Trinajstić information content (AvgIpc) is 3.25. The summed E-state index contributed by atoms with van der Waals surface area (Å²) in [5.41, 5.74) is 0.0352. The van der Waals surface area contributed by atoms with E-state index in [1.54, 1.807) is 0 Å². The van der Waals surface area contributed by atoms with Crippen molar-refractivity contribution in [3.05, 3.63) is 23.8 Å². The van der Waals surface area contributed by atoms with Crippen LogP contribution in [0.25, 0.3) is 0 Å². The molecule has 23 heavy (non-hydrogen) atoms. The molecule has 1 unspecified atom stereocenters. The normalized spacial score (nSPS) is 21.5. The second-order valence-corrected chi connectivity index (χ2v) is 6.12. The molecule has 0 bridgehead atoms. The first-order valence-corrected chi connectivity index (χ1v) is 8.13. The van der Waals surface area contributed by atoms with Crippen LogP contribution in [0.1, 0.15) is 59.5 Å². The molecule has 1 aromatic heterocycles. The van der Waals surface area contributed by atoms with Crippen molar-refractivity contribution in [2.45, 2.75) is 50.7 Å².